The molecule has 3 N–H and O–H groups in total. The van der Waals surface area contributed by atoms with Gasteiger partial charge in [0.25, 0.3) is 0 Å². The van der Waals surface area contributed by atoms with E-state index in [2.05, 4.69) is 30.8 Å². The first-order chi connectivity index (χ1) is 19.7. The van der Waals surface area contributed by atoms with Crippen LogP contribution in [0.15, 0.2) is 53.1 Å². The number of amides is 1. The van der Waals surface area contributed by atoms with E-state index in [4.69, 9.17) is 19.3 Å². The van der Waals surface area contributed by atoms with Crippen molar-refractivity contribution >= 4 is 23.5 Å². The maximum Gasteiger partial charge on any atom is 0.407 e. The summed E-state index contributed by atoms with van der Waals surface area (Å²) in [6, 6.07) is 5.78. The van der Waals surface area contributed by atoms with Crippen molar-refractivity contribution in [3.63, 3.8) is 0 Å². The molecule has 4 atom stereocenters. The van der Waals surface area contributed by atoms with Gasteiger partial charge in [0.2, 0.25) is 0 Å². The molecule has 12 heteroatoms. The van der Waals surface area contributed by atoms with Gasteiger partial charge in [-0.1, -0.05) is 6.07 Å². The van der Waals surface area contributed by atoms with Gasteiger partial charge in [0.05, 0.1) is 12.3 Å². The Labute approximate surface area is 233 Å². The minimum atomic E-state index is -0.402. The Hall–Kier alpha value is -3.77. The predicted molar refractivity (Wildman–Crippen MR) is 149 cm³/mol. The molecule has 2 fully saturated rings. The SMILES string of the molecule is O=C(NCc1cccnc1)OC1CCC(c2cc(NC3=NC=CN4N=C(COCCC5CCOC5)CC34)n[nH]2)C1. The molecule has 1 saturated heterocycles. The van der Waals surface area contributed by atoms with Gasteiger partial charge in [-0.2, -0.15) is 10.2 Å². The summed E-state index contributed by atoms with van der Waals surface area (Å²) in [6.07, 6.45) is 12.0. The lowest BCUT2D eigenvalue weighted by Crippen LogP contribution is -2.37. The van der Waals surface area contributed by atoms with Crippen LogP contribution in [0, 0.1) is 5.92 Å². The summed E-state index contributed by atoms with van der Waals surface area (Å²) in [7, 11) is 0. The molecule has 0 spiro atoms. The summed E-state index contributed by atoms with van der Waals surface area (Å²) in [4.78, 5) is 20.9. The summed E-state index contributed by atoms with van der Waals surface area (Å²) in [5.74, 6) is 2.39. The number of hydrogen-bond donors (Lipinski definition) is 3. The summed E-state index contributed by atoms with van der Waals surface area (Å²) in [5, 5.41) is 20.5. The molecule has 0 aromatic carbocycles. The second-order valence-electron chi connectivity index (χ2n) is 10.7. The number of aliphatic imine (C=N–C) groups is 1. The first kappa shape index (κ1) is 26.5. The van der Waals surface area contributed by atoms with E-state index in [1.54, 1.807) is 18.6 Å². The molecule has 2 aromatic heterocycles. The molecule has 3 aliphatic heterocycles. The van der Waals surface area contributed by atoms with E-state index in [-0.39, 0.29) is 18.1 Å². The first-order valence-electron chi connectivity index (χ1n) is 14.1. The second kappa shape index (κ2) is 12.6. The van der Waals surface area contributed by atoms with E-state index < -0.39 is 6.09 Å². The molecular formula is C28H36N8O4. The Morgan fingerprint density at radius 1 is 1.27 bits per heavy atom. The highest BCUT2D eigenvalue weighted by atomic mass is 16.6. The number of carbonyl (C=O) groups is 1. The molecule has 2 aromatic rings. The summed E-state index contributed by atoms with van der Waals surface area (Å²) < 4.78 is 17.0. The van der Waals surface area contributed by atoms with Crippen molar-refractivity contribution in [3.8, 4) is 0 Å². The van der Waals surface area contributed by atoms with Crippen molar-refractivity contribution in [2.24, 2.45) is 16.0 Å². The van der Waals surface area contributed by atoms with Crippen LogP contribution in [-0.2, 0) is 20.8 Å². The van der Waals surface area contributed by atoms with E-state index in [0.29, 0.717) is 24.9 Å². The zero-order chi connectivity index (χ0) is 27.1. The number of aromatic nitrogens is 3. The highest BCUT2D eigenvalue weighted by Crippen LogP contribution is 2.36. The monoisotopic (exact) mass is 548 g/mol. The molecule has 1 aliphatic carbocycles. The van der Waals surface area contributed by atoms with E-state index >= 15 is 0 Å². The van der Waals surface area contributed by atoms with Crippen LogP contribution < -0.4 is 10.6 Å². The van der Waals surface area contributed by atoms with Crippen molar-refractivity contribution in [2.75, 3.05) is 31.7 Å². The van der Waals surface area contributed by atoms with Crippen LogP contribution in [0.2, 0.25) is 0 Å². The number of alkyl carbamates (subject to hydrolysis) is 1. The van der Waals surface area contributed by atoms with Gasteiger partial charge in [-0.05, 0) is 49.7 Å². The van der Waals surface area contributed by atoms with E-state index in [1.807, 2.05) is 29.4 Å². The lowest BCUT2D eigenvalue weighted by Gasteiger charge is -2.24. The van der Waals surface area contributed by atoms with Crippen LogP contribution in [0.3, 0.4) is 0 Å². The average molecular weight is 549 g/mol. The summed E-state index contributed by atoms with van der Waals surface area (Å²) in [5.41, 5.74) is 2.97. The molecule has 1 saturated carbocycles. The number of hydrazone groups is 1. The Bertz CT molecular complexity index is 1240. The Kier molecular flexibility index (Phi) is 8.33. The van der Waals surface area contributed by atoms with Gasteiger partial charge in [0.1, 0.15) is 18.0 Å². The Balaban J connectivity index is 0.943. The quantitative estimate of drug-likeness (QED) is 0.383. The number of ether oxygens (including phenoxy) is 3. The molecule has 5 heterocycles. The molecular weight excluding hydrogens is 512 g/mol. The van der Waals surface area contributed by atoms with Crippen molar-refractivity contribution in [1.29, 1.82) is 0 Å². The number of rotatable bonds is 10. The smallest absolute Gasteiger partial charge is 0.407 e. The number of anilines is 1. The van der Waals surface area contributed by atoms with E-state index in [1.165, 1.54) is 0 Å². The number of fused-ring (bicyclic) bond motifs is 1. The number of aromatic amines is 1. The molecule has 40 heavy (non-hydrogen) atoms. The van der Waals surface area contributed by atoms with Gasteiger partial charge in [-0.15, -0.1) is 0 Å². The highest BCUT2D eigenvalue weighted by molar-refractivity contribution is 6.04. The normalized spacial score (nSPS) is 25.4. The third-order valence-corrected chi connectivity index (χ3v) is 7.83. The molecule has 6 rings (SSSR count). The number of nitrogens with one attached hydrogen (secondary N) is 3. The Morgan fingerprint density at radius 2 is 2.25 bits per heavy atom. The fraction of sp³-hybridized carbons (Fsp3) is 0.536. The van der Waals surface area contributed by atoms with Crippen LogP contribution in [-0.4, -0.2) is 76.4 Å². The molecule has 1 amide bonds. The number of carbonyl (C=O) groups excluding carboxylic acids is 1. The van der Waals surface area contributed by atoms with Crippen molar-refractivity contribution < 1.29 is 19.0 Å². The lowest BCUT2D eigenvalue weighted by atomic mass is 10.0. The van der Waals surface area contributed by atoms with Crippen molar-refractivity contribution in [2.45, 2.75) is 63.1 Å². The Morgan fingerprint density at radius 3 is 3.12 bits per heavy atom. The minimum absolute atomic E-state index is 0.00132. The van der Waals surface area contributed by atoms with E-state index in [9.17, 15) is 4.79 Å². The zero-order valence-electron chi connectivity index (χ0n) is 22.5. The van der Waals surface area contributed by atoms with Gasteiger partial charge in [0, 0.05) is 75.3 Å². The standard InChI is InChI=1S/C28H36N8O4/c37-28(31-16-20-2-1-7-29-15-20)40-23-4-3-21(12-23)24-14-26(34-33-24)32-27-25-13-22(35-36(25)9-8-30-27)18-39-11-6-19-5-10-38-17-19/h1-2,7-9,14-15,19,21,23,25H,3-6,10-13,16-18H2,(H,31,37)(H2,30,32,33,34). The van der Waals surface area contributed by atoms with Crippen LogP contribution in [0.1, 0.15) is 55.7 Å². The van der Waals surface area contributed by atoms with Gasteiger partial charge in [-0.25, -0.2) is 9.79 Å². The summed E-state index contributed by atoms with van der Waals surface area (Å²) in [6.45, 7) is 3.37. The molecule has 0 bridgehead atoms. The van der Waals surface area contributed by atoms with Crippen molar-refractivity contribution in [1.82, 2.24) is 25.5 Å². The number of nitrogens with zero attached hydrogens (tertiary/aromatic N) is 5. The third-order valence-electron chi connectivity index (χ3n) is 7.83. The van der Waals surface area contributed by atoms with E-state index in [0.717, 1.165) is 81.2 Å². The zero-order valence-corrected chi connectivity index (χ0v) is 22.5. The number of H-pyrrole nitrogens is 1. The highest BCUT2D eigenvalue weighted by Gasteiger charge is 2.33. The summed E-state index contributed by atoms with van der Waals surface area (Å²) >= 11 is 0. The number of hydrogen-bond acceptors (Lipinski definition) is 10. The number of pyridine rings is 1. The first-order valence-corrected chi connectivity index (χ1v) is 14.1. The molecule has 4 aliphatic rings. The van der Waals surface area contributed by atoms with Crippen LogP contribution in [0.5, 0.6) is 0 Å². The van der Waals surface area contributed by atoms with Gasteiger partial charge in [0.15, 0.2) is 5.82 Å². The lowest BCUT2D eigenvalue weighted by molar-refractivity contribution is 0.0996. The second-order valence-corrected chi connectivity index (χ2v) is 10.7. The average Bonchev–Trinajstić information content (AvgIpc) is 3.78. The predicted octanol–water partition coefficient (Wildman–Crippen LogP) is 3.54. The maximum atomic E-state index is 12.3. The van der Waals surface area contributed by atoms with Crippen LogP contribution >= 0.6 is 0 Å². The van der Waals surface area contributed by atoms with Gasteiger partial charge < -0.3 is 24.8 Å². The largest absolute Gasteiger partial charge is 0.446 e. The molecule has 0 radical (unpaired) electrons. The molecule has 12 nitrogen and oxygen atoms in total. The fourth-order valence-electron chi connectivity index (χ4n) is 5.61. The molecule has 4 unspecified atom stereocenters. The topological polar surface area (TPSA) is 138 Å². The van der Waals surface area contributed by atoms with Gasteiger partial charge >= 0.3 is 6.09 Å². The fourth-order valence-corrected chi connectivity index (χ4v) is 5.61. The van der Waals surface area contributed by atoms with Gasteiger partial charge in [-0.3, -0.25) is 15.1 Å². The minimum Gasteiger partial charge on any atom is -0.446 e. The van der Waals surface area contributed by atoms with Crippen molar-refractivity contribution in [3.05, 3.63) is 54.3 Å². The number of amidine groups is 1. The third kappa shape index (κ3) is 6.68. The van der Waals surface area contributed by atoms with Crippen LogP contribution in [0.25, 0.3) is 0 Å². The molecule has 212 valence electrons. The maximum absolute atomic E-state index is 12.3. The van der Waals surface area contributed by atoms with Crippen LogP contribution in [0.4, 0.5) is 10.6 Å².